The van der Waals surface area contributed by atoms with Gasteiger partial charge in [0.15, 0.2) is 0 Å². The molecule has 0 spiro atoms. The van der Waals surface area contributed by atoms with Gasteiger partial charge < -0.3 is 15.2 Å². The van der Waals surface area contributed by atoms with Gasteiger partial charge in [-0.05, 0) is 36.6 Å². The normalized spacial score (nSPS) is 16.9. The Bertz CT molecular complexity index is 1080. The summed E-state index contributed by atoms with van der Waals surface area (Å²) in [5.74, 6) is -0.458. The van der Waals surface area contributed by atoms with Crippen molar-refractivity contribution in [3.8, 4) is 5.75 Å². The molecule has 1 atom stereocenters. The van der Waals surface area contributed by atoms with Gasteiger partial charge in [-0.1, -0.05) is 24.3 Å². The van der Waals surface area contributed by atoms with Crippen molar-refractivity contribution in [2.45, 2.75) is 25.3 Å². The highest BCUT2D eigenvalue weighted by molar-refractivity contribution is 6.21. The Hall–Kier alpha value is -3.88. The molecule has 4 amide bonds. The van der Waals surface area contributed by atoms with Crippen LogP contribution in [-0.2, 0) is 11.2 Å². The maximum absolute atomic E-state index is 12.9. The molecule has 4 rings (SSSR count). The van der Waals surface area contributed by atoms with E-state index >= 15 is 0 Å². The number of amides is 4. The number of fused-ring (bicyclic) bond motifs is 2. The van der Waals surface area contributed by atoms with E-state index in [9.17, 15) is 24.3 Å². The first-order valence-electron chi connectivity index (χ1n) is 10.8. The lowest BCUT2D eigenvalue weighted by Crippen LogP contribution is -2.46. The molecule has 0 saturated carbocycles. The van der Waals surface area contributed by atoms with Crippen molar-refractivity contribution in [1.82, 2.24) is 15.1 Å². The number of nitrogens with one attached hydrogen (secondary N) is 1. The second-order valence-electron chi connectivity index (χ2n) is 7.96. The first kappa shape index (κ1) is 22.3. The molecule has 2 aliphatic heterocycles. The van der Waals surface area contributed by atoms with Crippen molar-refractivity contribution in [2.24, 2.45) is 0 Å². The molecule has 2 heterocycles. The number of benzene rings is 2. The summed E-state index contributed by atoms with van der Waals surface area (Å²) in [4.78, 5) is 51.7. The lowest BCUT2D eigenvalue weighted by atomic mass is 9.91. The van der Waals surface area contributed by atoms with Gasteiger partial charge in [-0.3, -0.25) is 24.2 Å². The van der Waals surface area contributed by atoms with Crippen molar-refractivity contribution in [3.05, 3.63) is 64.7 Å². The van der Waals surface area contributed by atoms with Gasteiger partial charge in [0.05, 0.1) is 30.3 Å². The van der Waals surface area contributed by atoms with Crippen LogP contribution in [0.15, 0.2) is 42.5 Å². The smallest absolute Gasteiger partial charge is 0.407 e. The van der Waals surface area contributed by atoms with E-state index in [1.807, 2.05) is 12.1 Å². The minimum Gasteiger partial charge on any atom is -0.493 e. The summed E-state index contributed by atoms with van der Waals surface area (Å²) in [5.41, 5.74) is 2.21. The number of carbonyl (C=O) groups excluding carboxylic acids is 3. The molecule has 2 N–H and O–H groups in total. The number of ether oxygens (including phenoxy) is 1. The Labute approximate surface area is 190 Å². The van der Waals surface area contributed by atoms with E-state index in [0.717, 1.165) is 10.5 Å². The summed E-state index contributed by atoms with van der Waals surface area (Å²) in [6.07, 6.45) is 0.174. The highest BCUT2D eigenvalue weighted by Crippen LogP contribution is 2.38. The Balaban J connectivity index is 1.62. The zero-order valence-corrected chi connectivity index (χ0v) is 18.2. The zero-order valence-electron chi connectivity index (χ0n) is 18.2. The van der Waals surface area contributed by atoms with Gasteiger partial charge in [0.1, 0.15) is 5.75 Å². The van der Waals surface area contributed by atoms with Crippen molar-refractivity contribution >= 4 is 23.8 Å². The second-order valence-corrected chi connectivity index (χ2v) is 7.96. The quantitative estimate of drug-likeness (QED) is 0.494. The fourth-order valence-corrected chi connectivity index (χ4v) is 4.40. The minimum absolute atomic E-state index is 0.0887. The number of rotatable bonds is 7. The number of carbonyl (C=O) groups is 4. The summed E-state index contributed by atoms with van der Waals surface area (Å²) < 4.78 is 5.95. The van der Waals surface area contributed by atoms with Crippen LogP contribution in [0.2, 0.25) is 0 Å². The molecule has 9 nitrogen and oxygen atoms in total. The van der Waals surface area contributed by atoms with E-state index in [-0.39, 0.29) is 25.6 Å². The molecule has 0 saturated heterocycles. The Kier molecular flexibility index (Phi) is 6.30. The lowest BCUT2D eigenvalue weighted by molar-refractivity contribution is -0.120. The first-order valence-corrected chi connectivity index (χ1v) is 10.8. The molecule has 2 aromatic carbocycles. The van der Waals surface area contributed by atoms with E-state index in [1.54, 1.807) is 37.4 Å². The number of imide groups is 1. The monoisotopic (exact) mass is 451 g/mol. The van der Waals surface area contributed by atoms with Crippen LogP contribution in [0.25, 0.3) is 0 Å². The van der Waals surface area contributed by atoms with Crippen LogP contribution in [0.3, 0.4) is 0 Å². The number of hydrogen-bond donors (Lipinski definition) is 2. The Morgan fingerprint density at radius 3 is 2.42 bits per heavy atom. The average Bonchev–Trinajstić information content (AvgIpc) is 3.06. The maximum Gasteiger partial charge on any atom is 0.407 e. The fraction of sp³-hybridized carbons (Fsp3) is 0.333. The predicted octanol–water partition coefficient (Wildman–Crippen LogP) is 2.47. The molecular formula is C24H25N3O6. The predicted molar refractivity (Wildman–Crippen MR) is 118 cm³/mol. The van der Waals surface area contributed by atoms with Gasteiger partial charge in [-0.15, -0.1) is 0 Å². The van der Waals surface area contributed by atoms with Crippen LogP contribution in [0.1, 0.15) is 50.7 Å². The highest BCUT2D eigenvalue weighted by atomic mass is 16.5. The van der Waals surface area contributed by atoms with Gasteiger partial charge in [-0.25, -0.2) is 4.79 Å². The standard InChI is InChI=1S/C24H25N3O6/c1-25-20(28)10-5-13-33-19-9-4-6-15-11-12-26(24(31)32)18(21(15)19)14-27-22(29)16-7-2-3-8-17(16)23(27)30/h2-4,6-9,18H,5,10-14H2,1H3,(H,25,28)(H,31,32)/t18-/m1/s1. The number of hydrogen-bond acceptors (Lipinski definition) is 5. The van der Waals surface area contributed by atoms with Crippen molar-refractivity contribution in [1.29, 1.82) is 0 Å². The number of nitrogens with zero attached hydrogens (tertiary/aromatic N) is 2. The zero-order chi connectivity index (χ0) is 23.5. The van der Waals surface area contributed by atoms with Crippen LogP contribution in [0.5, 0.6) is 5.75 Å². The summed E-state index contributed by atoms with van der Waals surface area (Å²) >= 11 is 0. The molecule has 9 heteroatoms. The van der Waals surface area contributed by atoms with Gasteiger partial charge in [0.2, 0.25) is 5.91 Å². The van der Waals surface area contributed by atoms with E-state index in [1.165, 1.54) is 4.90 Å². The molecule has 2 aromatic rings. The Morgan fingerprint density at radius 2 is 1.79 bits per heavy atom. The fourth-order valence-electron chi connectivity index (χ4n) is 4.40. The first-order chi connectivity index (χ1) is 15.9. The van der Waals surface area contributed by atoms with Gasteiger partial charge >= 0.3 is 6.09 Å². The molecular weight excluding hydrogens is 426 g/mol. The largest absolute Gasteiger partial charge is 0.493 e. The van der Waals surface area contributed by atoms with Crippen molar-refractivity contribution in [2.75, 3.05) is 26.7 Å². The van der Waals surface area contributed by atoms with E-state index < -0.39 is 23.9 Å². The molecule has 0 fully saturated rings. The van der Waals surface area contributed by atoms with E-state index in [0.29, 0.717) is 41.7 Å². The highest BCUT2D eigenvalue weighted by Gasteiger charge is 2.41. The summed E-state index contributed by atoms with van der Waals surface area (Å²) in [7, 11) is 1.57. The van der Waals surface area contributed by atoms with Crippen LogP contribution in [0, 0.1) is 0 Å². The third-order valence-corrected chi connectivity index (χ3v) is 6.05. The average molecular weight is 451 g/mol. The maximum atomic E-state index is 12.9. The molecule has 0 aromatic heterocycles. The van der Waals surface area contributed by atoms with E-state index in [4.69, 9.17) is 4.74 Å². The topological polar surface area (TPSA) is 116 Å². The molecule has 0 bridgehead atoms. The van der Waals surface area contributed by atoms with Crippen molar-refractivity contribution < 1.29 is 29.0 Å². The van der Waals surface area contributed by atoms with Gasteiger partial charge in [-0.2, -0.15) is 0 Å². The Morgan fingerprint density at radius 1 is 1.09 bits per heavy atom. The van der Waals surface area contributed by atoms with Gasteiger partial charge in [0.25, 0.3) is 11.8 Å². The molecule has 0 radical (unpaired) electrons. The van der Waals surface area contributed by atoms with Gasteiger partial charge in [0, 0.05) is 25.6 Å². The van der Waals surface area contributed by atoms with Crippen LogP contribution in [-0.4, -0.2) is 65.5 Å². The third-order valence-electron chi connectivity index (χ3n) is 6.05. The van der Waals surface area contributed by atoms with E-state index in [2.05, 4.69) is 5.32 Å². The third kappa shape index (κ3) is 4.26. The molecule has 0 aliphatic carbocycles. The minimum atomic E-state index is -1.13. The second kappa shape index (κ2) is 9.32. The molecule has 0 unspecified atom stereocenters. The van der Waals surface area contributed by atoms with Crippen molar-refractivity contribution in [3.63, 3.8) is 0 Å². The summed E-state index contributed by atoms with van der Waals surface area (Å²) in [6.45, 7) is 0.414. The van der Waals surface area contributed by atoms with Crippen LogP contribution in [0.4, 0.5) is 4.79 Å². The summed E-state index contributed by atoms with van der Waals surface area (Å²) in [5, 5.41) is 12.4. The van der Waals surface area contributed by atoms with Crippen LogP contribution >= 0.6 is 0 Å². The number of carboxylic acid groups (broad SMARTS) is 1. The molecule has 2 aliphatic rings. The molecule has 33 heavy (non-hydrogen) atoms. The lowest BCUT2D eigenvalue weighted by Gasteiger charge is -2.38. The molecule has 172 valence electrons. The van der Waals surface area contributed by atoms with Crippen LogP contribution < -0.4 is 10.1 Å². The SMILES string of the molecule is CNC(=O)CCCOc1cccc2c1[C@@H](CN1C(=O)c3ccccc3C1=O)N(C(=O)O)CC2. The summed E-state index contributed by atoms with van der Waals surface area (Å²) in [6, 6.07) is 11.3.